The molecule has 0 aliphatic carbocycles. The lowest BCUT2D eigenvalue weighted by Gasteiger charge is -2.07. The predicted molar refractivity (Wildman–Crippen MR) is 105 cm³/mol. The van der Waals surface area contributed by atoms with Gasteiger partial charge in [0, 0.05) is 17.8 Å². The summed E-state index contributed by atoms with van der Waals surface area (Å²) in [7, 11) is 0. The van der Waals surface area contributed by atoms with Gasteiger partial charge in [-0.1, -0.05) is 23.2 Å². The van der Waals surface area contributed by atoms with Crippen molar-refractivity contribution in [1.82, 2.24) is 15.1 Å². The number of halogens is 3. The van der Waals surface area contributed by atoms with Gasteiger partial charge in [-0.2, -0.15) is 5.10 Å². The molecule has 25 heavy (non-hydrogen) atoms. The van der Waals surface area contributed by atoms with Crippen LogP contribution in [0.2, 0.25) is 10.0 Å². The van der Waals surface area contributed by atoms with Crippen LogP contribution < -0.4 is 11.1 Å². The Bertz CT molecular complexity index is 731. The van der Waals surface area contributed by atoms with E-state index >= 15 is 0 Å². The fourth-order valence-corrected chi connectivity index (χ4v) is 2.81. The molecule has 0 saturated heterocycles. The van der Waals surface area contributed by atoms with E-state index in [1.807, 2.05) is 19.9 Å². The van der Waals surface area contributed by atoms with Crippen molar-refractivity contribution in [2.45, 2.75) is 33.1 Å². The number of carbonyl (C=O) groups is 1. The molecular formula is C17H23Cl3N4O. The van der Waals surface area contributed by atoms with Crippen molar-refractivity contribution in [3.8, 4) is 5.69 Å². The Morgan fingerprint density at radius 2 is 1.96 bits per heavy atom. The lowest BCUT2D eigenvalue weighted by molar-refractivity contribution is -0.120. The van der Waals surface area contributed by atoms with Gasteiger partial charge in [0.15, 0.2) is 0 Å². The summed E-state index contributed by atoms with van der Waals surface area (Å²) in [5.74, 6) is -0.00749. The van der Waals surface area contributed by atoms with E-state index in [9.17, 15) is 4.79 Å². The molecular weight excluding hydrogens is 383 g/mol. The highest BCUT2D eigenvalue weighted by Crippen LogP contribution is 2.26. The molecule has 0 unspecified atom stereocenters. The van der Waals surface area contributed by atoms with E-state index in [2.05, 4.69) is 10.4 Å². The summed E-state index contributed by atoms with van der Waals surface area (Å²) in [5.41, 5.74) is 8.94. The third kappa shape index (κ3) is 5.61. The molecule has 2 aromatic rings. The molecule has 2 rings (SSSR count). The van der Waals surface area contributed by atoms with Crippen LogP contribution in [0, 0.1) is 13.8 Å². The first kappa shape index (κ1) is 21.8. The van der Waals surface area contributed by atoms with Gasteiger partial charge < -0.3 is 11.1 Å². The normalized spacial score (nSPS) is 10.4. The average molecular weight is 406 g/mol. The second-order valence-corrected chi connectivity index (χ2v) is 6.50. The number of aromatic nitrogens is 2. The molecule has 5 nitrogen and oxygen atoms in total. The molecule has 0 radical (unpaired) electrons. The van der Waals surface area contributed by atoms with E-state index in [1.165, 1.54) is 0 Å². The molecule has 0 saturated carbocycles. The van der Waals surface area contributed by atoms with E-state index in [-0.39, 0.29) is 18.3 Å². The zero-order valence-corrected chi connectivity index (χ0v) is 16.6. The van der Waals surface area contributed by atoms with Crippen LogP contribution in [0.3, 0.4) is 0 Å². The van der Waals surface area contributed by atoms with Crippen LogP contribution in [0.5, 0.6) is 0 Å². The van der Waals surface area contributed by atoms with Crippen LogP contribution in [0.4, 0.5) is 0 Å². The number of nitrogens with zero attached hydrogens (tertiary/aromatic N) is 2. The van der Waals surface area contributed by atoms with Crippen molar-refractivity contribution >= 4 is 41.5 Å². The van der Waals surface area contributed by atoms with Crippen LogP contribution >= 0.6 is 35.6 Å². The molecule has 8 heteroatoms. The lowest BCUT2D eigenvalue weighted by Crippen LogP contribution is -2.26. The number of rotatable bonds is 7. The topological polar surface area (TPSA) is 72.9 Å². The summed E-state index contributed by atoms with van der Waals surface area (Å²) in [6, 6.07) is 5.35. The van der Waals surface area contributed by atoms with Crippen molar-refractivity contribution in [2.24, 2.45) is 5.73 Å². The number of aryl methyl sites for hydroxylation is 1. The van der Waals surface area contributed by atoms with Gasteiger partial charge >= 0.3 is 0 Å². The molecule has 0 aliphatic heterocycles. The Morgan fingerprint density at radius 1 is 1.24 bits per heavy atom. The monoisotopic (exact) mass is 404 g/mol. The highest BCUT2D eigenvalue weighted by atomic mass is 35.5. The van der Waals surface area contributed by atoms with Crippen LogP contribution in [-0.4, -0.2) is 28.8 Å². The molecule has 0 spiro atoms. The standard InChI is InChI=1S/C17H22Cl2N4O.ClH/c1-11-14(10-17(24)21-8-4-3-7-20)12(2)23(22-11)13-5-6-15(18)16(19)9-13;/h5-6,9H,3-4,7-8,10,20H2,1-2H3,(H,21,24);1H. The van der Waals surface area contributed by atoms with Gasteiger partial charge in [0.05, 0.1) is 27.8 Å². The van der Waals surface area contributed by atoms with E-state index < -0.39 is 0 Å². The Balaban J connectivity index is 0.00000312. The van der Waals surface area contributed by atoms with Crippen LogP contribution in [0.1, 0.15) is 29.8 Å². The van der Waals surface area contributed by atoms with E-state index in [0.717, 1.165) is 35.5 Å². The maximum absolute atomic E-state index is 12.1. The lowest BCUT2D eigenvalue weighted by atomic mass is 10.1. The number of hydrogen-bond acceptors (Lipinski definition) is 3. The first-order valence-corrected chi connectivity index (χ1v) is 8.67. The summed E-state index contributed by atoms with van der Waals surface area (Å²) in [6.45, 7) is 5.14. The molecule has 1 aromatic heterocycles. The van der Waals surface area contributed by atoms with E-state index in [4.69, 9.17) is 28.9 Å². The van der Waals surface area contributed by atoms with Crippen molar-refractivity contribution in [1.29, 1.82) is 0 Å². The minimum absolute atomic E-state index is 0. The van der Waals surface area contributed by atoms with Gasteiger partial charge in [-0.15, -0.1) is 12.4 Å². The summed E-state index contributed by atoms with van der Waals surface area (Å²) in [5, 5.41) is 8.42. The van der Waals surface area contributed by atoms with Gasteiger partial charge in [0.25, 0.3) is 0 Å². The van der Waals surface area contributed by atoms with Gasteiger partial charge in [-0.3, -0.25) is 4.79 Å². The minimum atomic E-state index is -0.00749. The smallest absolute Gasteiger partial charge is 0.224 e. The number of carbonyl (C=O) groups excluding carboxylic acids is 1. The van der Waals surface area contributed by atoms with Gasteiger partial charge in [0.2, 0.25) is 5.91 Å². The van der Waals surface area contributed by atoms with Crippen molar-refractivity contribution in [3.63, 3.8) is 0 Å². The largest absolute Gasteiger partial charge is 0.356 e. The molecule has 0 bridgehead atoms. The second kappa shape index (κ2) is 10.0. The minimum Gasteiger partial charge on any atom is -0.356 e. The quantitative estimate of drug-likeness (QED) is 0.691. The fraction of sp³-hybridized carbons (Fsp3) is 0.412. The van der Waals surface area contributed by atoms with Gasteiger partial charge in [-0.05, 0) is 51.4 Å². The first-order valence-electron chi connectivity index (χ1n) is 7.91. The number of benzene rings is 1. The van der Waals surface area contributed by atoms with E-state index in [1.54, 1.807) is 16.8 Å². The van der Waals surface area contributed by atoms with Crippen molar-refractivity contribution in [2.75, 3.05) is 13.1 Å². The number of nitrogens with one attached hydrogen (secondary N) is 1. The summed E-state index contributed by atoms with van der Waals surface area (Å²) >= 11 is 12.0. The first-order chi connectivity index (χ1) is 11.4. The number of unbranched alkanes of at least 4 members (excludes halogenated alkanes) is 1. The number of amides is 1. The zero-order chi connectivity index (χ0) is 17.7. The Labute approximate surface area is 164 Å². The maximum atomic E-state index is 12.1. The van der Waals surface area contributed by atoms with Crippen LogP contribution in [0.25, 0.3) is 5.69 Å². The third-order valence-electron chi connectivity index (χ3n) is 3.88. The Hall–Kier alpha value is -1.27. The van der Waals surface area contributed by atoms with Crippen LogP contribution in [0.15, 0.2) is 18.2 Å². The molecule has 1 aromatic carbocycles. The summed E-state index contributed by atoms with van der Waals surface area (Å²) in [6.07, 6.45) is 2.11. The van der Waals surface area contributed by atoms with Crippen molar-refractivity contribution < 1.29 is 4.79 Å². The molecule has 0 atom stereocenters. The highest BCUT2D eigenvalue weighted by molar-refractivity contribution is 6.42. The predicted octanol–water partition coefficient (Wildman–Crippen LogP) is 3.62. The van der Waals surface area contributed by atoms with Crippen molar-refractivity contribution in [3.05, 3.63) is 45.2 Å². The Morgan fingerprint density at radius 3 is 2.60 bits per heavy atom. The fourth-order valence-electron chi connectivity index (χ4n) is 2.52. The maximum Gasteiger partial charge on any atom is 0.224 e. The highest BCUT2D eigenvalue weighted by Gasteiger charge is 2.16. The van der Waals surface area contributed by atoms with Gasteiger partial charge in [-0.25, -0.2) is 4.68 Å². The second-order valence-electron chi connectivity index (χ2n) is 5.68. The third-order valence-corrected chi connectivity index (χ3v) is 4.62. The molecule has 3 N–H and O–H groups in total. The number of nitrogens with two attached hydrogens (primary N) is 1. The molecule has 1 amide bonds. The molecule has 0 fully saturated rings. The van der Waals surface area contributed by atoms with E-state index in [0.29, 0.717) is 29.6 Å². The van der Waals surface area contributed by atoms with Gasteiger partial charge in [0.1, 0.15) is 0 Å². The number of hydrogen-bond donors (Lipinski definition) is 2. The molecule has 138 valence electrons. The SMILES string of the molecule is Cc1nn(-c2ccc(Cl)c(Cl)c2)c(C)c1CC(=O)NCCCCN.Cl. The molecule has 0 aliphatic rings. The summed E-state index contributed by atoms with van der Waals surface area (Å²) in [4.78, 5) is 12.1. The zero-order valence-electron chi connectivity index (χ0n) is 14.3. The average Bonchev–Trinajstić information content (AvgIpc) is 2.82. The summed E-state index contributed by atoms with van der Waals surface area (Å²) < 4.78 is 1.79. The Kier molecular flexibility index (Phi) is 8.73. The molecule has 1 heterocycles. The van der Waals surface area contributed by atoms with Crippen LogP contribution in [-0.2, 0) is 11.2 Å².